The van der Waals surface area contributed by atoms with Crippen LogP contribution in [0.2, 0.25) is 5.15 Å². The van der Waals surface area contributed by atoms with Gasteiger partial charge in [0.1, 0.15) is 11.0 Å². The Hall–Kier alpha value is -2.59. The van der Waals surface area contributed by atoms with Crippen LogP contribution in [0, 0.1) is 11.3 Å². The minimum absolute atomic E-state index is 0.0935. The van der Waals surface area contributed by atoms with Crippen LogP contribution < -0.4 is 10.6 Å². The number of rotatable bonds is 6. The molecule has 2 aliphatic carbocycles. The van der Waals surface area contributed by atoms with Crippen LogP contribution >= 0.6 is 11.6 Å². The molecule has 3 amide bonds. The standard InChI is InChI=1S/C31H40ClN5O4/c1-29(2)18-33-24(17-41-29)20-3-7-23(8-4-20)37-25(32)15-21-16-36(28(39)34-26(21)37)19-30(40)11-13-35(14-12-30)27(38)31(9-10-31)22-5-6-22/h3-4,7-8,15,22,24,33,40H,5-6,9-14,16-19H2,1-2H3,(H,34,39)/t24-/m0/s1. The second-order valence-corrected chi connectivity index (χ2v) is 13.9. The third-order valence-corrected chi connectivity index (χ3v) is 10.2. The number of amides is 3. The number of halogens is 1. The van der Waals surface area contributed by atoms with Gasteiger partial charge in [-0.15, -0.1) is 0 Å². The molecule has 0 bridgehead atoms. The lowest BCUT2D eigenvalue weighted by Crippen LogP contribution is -2.55. The first-order valence-electron chi connectivity index (χ1n) is 15.0. The van der Waals surface area contributed by atoms with Gasteiger partial charge in [0.25, 0.3) is 0 Å². The van der Waals surface area contributed by atoms with Gasteiger partial charge in [-0.25, -0.2) is 4.79 Å². The minimum Gasteiger partial charge on any atom is -0.388 e. The number of likely N-dealkylation sites (tertiary alicyclic amines) is 1. The number of nitrogens with one attached hydrogen (secondary N) is 2. The average Bonchev–Trinajstić information content (AvgIpc) is 3.86. The molecule has 0 spiro atoms. The molecule has 0 radical (unpaired) electrons. The Morgan fingerprint density at radius 3 is 2.44 bits per heavy atom. The van der Waals surface area contributed by atoms with Crippen molar-refractivity contribution in [3.63, 3.8) is 0 Å². The lowest BCUT2D eigenvalue weighted by Gasteiger charge is -2.42. The van der Waals surface area contributed by atoms with Crippen LogP contribution in [-0.4, -0.2) is 75.4 Å². The highest BCUT2D eigenvalue weighted by atomic mass is 35.5. The fraction of sp³-hybridized carbons (Fsp3) is 0.613. The first-order valence-corrected chi connectivity index (χ1v) is 15.4. The summed E-state index contributed by atoms with van der Waals surface area (Å²) in [4.78, 5) is 30.0. The van der Waals surface area contributed by atoms with Crippen molar-refractivity contribution in [2.45, 2.75) is 76.2 Å². The number of aromatic nitrogens is 1. The summed E-state index contributed by atoms with van der Waals surface area (Å²) < 4.78 is 7.84. The van der Waals surface area contributed by atoms with Gasteiger partial charge in [0.15, 0.2) is 0 Å². The Balaban J connectivity index is 1.00. The number of carbonyl (C=O) groups is 2. The van der Waals surface area contributed by atoms with E-state index in [1.54, 1.807) is 4.90 Å². The molecule has 220 valence electrons. The molecule has 5 aliphatic rings. The summed E-state index contributed by atoms with van der Waals surface area (Å²) >= 11 is 6.69. The Labute approximate surface area is 246 Å². The number of hydrogen-bond donors (Lipinski definition) is 3. The zero-order valence-electron chi connectivity index (χ0n) is 23.9. The maximum atomic E-state index is 13.2. The highest BCUT2D eigenvalue weighted by molar-refractivity contribution is 6.30. The normalized spacial score (nSPS) is 26.3. The topological polar surface area (TPSA) is 99.1 Å². The monoisotopic (exact) mass is 581 g/mol. The van der Waals surface area contributed by atoms with Crippen LogP contribution in [0.15, 0.2) is 30.3 Å². The number of benzene rings is 1. The maximum absolute atomic E-state index is 13.2. The number of hydrogen-bond acceptors (Lipinski definition) is 5. The predicted molar refractivity (Wildman–Crippen MR) is 156 cm³/mol. The average molecular weight is 582 g/mol. The van der Waals surface area contributed by atoms with E-state index < -0.39 is 5.60 Å². The highest BCUT2D eigenvalue weighted by Crippen LogP contribution is 2.62. The zero-order valence-corrected chi connectivity index (χ0v) is 24.7. The number of fused-ring (bicyclic) bond motifs is 1. The fourth-order valence-electron chi connectivity index (χ4n) is 7.00. The molecule has 2 saturated heterocycles. The quantitative estimate of drug-likeness (QED) is 0.468. The van der Waals surface area contributed by atoms with Gasteiger partial charge in [-0.2, -0.15) is 0 Å². The maximum Gasteiger partial charge on any atom is 0.323 e. The molecule has 2 saturated carbocycles. The molecule has 1 aromatic carbocycles. The Bertz CT molecular complexity index is 1350. The fourth-order valence-corrected chi connectivity index (χ4v) is 7.31. The molecular formula is C31H40ClN5O4. The molecule has 0 unspecified atom stereocenters. The SMILES string of the molecule is CC1(C)CN[C@H](c2ccc(-n3c(Cl)cc4c3NC(=O)N(CC3(O)CCN(C(=O)C5(C6CC6)CC5)CC3)C4)cc2)CO1. The molecule has 2 aromatic rings. The van der Waals surface area contributed by atoms with Crippen molar-refractivity contribution >= 4 is 29.4 Å². The zero-order chi connectivity index (χ0) is 28.6. The van der Waals surface area contributed by atoms with Gasteiger partial charge < -0.3 is 25.0 Å². The summed E-state index contributed by atoms with van der Waals surface area (Å²) in [6.07, 6.45) is 5.35. The molecule has 4 fully saturated rings. The van der Waals surface area contributed by atoms with E-state index in [-0.39, 0.29) is 29.6 Å². The third kappa shape index (κ3) is 5.05. The number of urea groups is 1. The number of anilines is 1. The number of piperidine rings is 1. The van der Waals surface area contributed by atoms with Crippen molar-refractivity contribution in [2.24, 2.45) is 11.3 Å². The van der Waals surface area contributed by atoms with Crippen molar-refractivity contribution in [3.05, 3.63) is 46.6 Å². The van der Waals surface area contributed by atoms with E-state index in [0.29, 0.717) is 61.9 Å². The molecule has 4 heterocycles. The summed E-state index contributed by atoms with van der Waals surface area (Å²) in [5.41, 5.74) is 1.62. The molecule has 7 rings (SSSR count). The molecular weight excluding hydrogens is 542 g/mol. The van der Waals surface area contributed by atoms with E-state index in [0.717, 1.165) is 36.2 Å². The number of nitrogens with zero attached hydrogens (tertiary/aromatic N) is 3. The van der Waals surface area contributed by atoms with Crippen LogP contribution in [0.4, 0.5) is 10.6 Å². The van der Waals surface area contributed by atoms with Crippen molar-refractivity contribution < 1.29 is 19.4 Å². The Morgan fingerprint density at radius 1 is 1.12 bits per heavy atom. The van der Waals surface area contributed by atoms with Gasteiger partial charge in [-0.05, 0) is 82.1 Å². The number of carbonyl (C=O) groups excluding carboxylic acids is 2. The van der Waals surface area contributed by atoms with E-state index in [1.165, 1.54) is 12.8 Å². The van der Waals surface area contributed by atoms with E-state index >= 15 is 0 Å². The molecule has 9 nitrogen and oxygen atoms in total. The number of ether oxygens (including phenoxy) is 1. The first-order chi connectivity index (χ1) is 19.6. The van der Waals surface area contributed by atoms with Gasteiger partial charge in [0, 0.05) is 30.9 Å². The number of β-amino-alcohol motifs (C(OH)–C–C–N with tert-alkyl or cyclic N) is 1. The van der Waals surface area contributed by atoms with E-state index in [9.17, 15) is 14.7 Å². The van der Waals surface area contributed by atoms with E-state index in [4.69, 9.17) is 16.3 Å². The number of aliphatic hydroxyl groups is 1. The minimum atomic E-state index is -1.02. The number of morpholine rings is 1. The van der Waals surface area contributed by atoms with Gasteiger partial charge in [0.2, 0.25) is 5.91 Å². The summed E-state index contributed by atoms with van der Waals surface area (Å²) in [6.45, 7) is 7.23. The lowest BCUT2D eigenvalue weighted by molar-refractivity contribution is -0.142. The summed E-state index contributed by atoms with van der Waals surface area (Å²) in [7, 11) is 0. The first kappa shape index (κ1) is 27.3. The second-order valence-electron chi connectivity index (χ2n) is 13.5. The molecule has 10 heteroatoms. The Morgan fingerprint density at radius 2 is 1.83 bits per heavy atom. The molecule has 1 atom stereocenters. The van der Waals surface area contributed by atoms with Crippen molar-refractivity contribution in [3.8, 4) is 5.69 Å². The van der Waals surface area contributed by atoms with E-state index in [1.807, 2.05) is 27.7 Å². The highest BCUT2D eigenvalue weighted by Gasteiger charge is 2.60. The van der Waals surface area contributed by atoms with Crippen LogP contribution in [0.5, 0.6) is 0 Å². The van der Waals surface area contributed by atoms with Crippen LogP contribution in [0.1, 0.15) is 69.5 Å². The Kier molecular flexibility index (Phi) is 6.47. The van der Waals surface area contributed by atoms with Gasteiger partial charge >= 0.3 is 6.03 Å². The summed E-state index contributed by atoms with van der Waals surface area (Å²) in [5, 5.41) is 18.5. The lowest BCUT2D eigenvalue weighted by atomic mass is 9.89. The summed E-state index contributed by atoms with van der Waals surface area (Å²) in [6, 6.07) is 9.90. The molecule has 1 aromatic heterocycles. The van der Waals surface area contributed by atoms with Crippen molar-refractivity contribution in [1.29, 1.82) is 0 Å². The largest absolute Gasteiger partial charge is 0.388 e. The third-order valence-electron chi connectivity index (χ3n) is 9.92. The summed E-state index contributed by atoms with van der Waals surface area (Å²) in [5.74, 6) is 1.53. The smallest absolute Gasteiger partial charge is 0.323 e. The van der Waals surface area contributed by atoms with Gasteiger partial charge in [-0.1, -0.05) is 23.7 Å². The second kappa shape index (κ2) is 9.73. The molecule has 3 N–H and O–H groups in total. The van der Waals surface area contributed by atoms with Crippen LogP contribution in [0.25, 0.3) is 5.69 Å². The van der Waals surface area contributed by atoms with Crippen molar-refractivity contribution in [2.75, 3.05) is 38.1 Å². The van der Waals surface area contributed by atoms with Crippen LogP contribution in [0.3, 0.4) is 0 Å². The van der Waals surface area contributed by atoms with Gasteiger partial charge in [0.05, 0.1) is 42.4 Å². The molecule has 41 heavy (non-hydrogen) atoms. The van der Waals surface area contributed by atoms with Gasteiger partial charge in [-0.3, -0.25) is 14.7 Å². The van der Waals surface area contributed by atoms with Crippen molar-refractivity contribution in [1.82, 2.24) is 19.7 Å². The van der Waals surface area contributed by atoms with E-state index in [2.05, 4.69) is 36.6 Å². The van der Waals surface area contributed by atoms with Crippen LogP contribution in [-0.2, 0) is 16.1 Å². The molecule has 3 aliphatic heterocycles. The predicted octanol–water partition coefficient (Wildman–Crippen LogP) is 4.46.